The smallest absolute Gasteiger partial charge is 0.234 e. The number of thiophene rings is 1. The number of likely N-dealkylation sites (N-methyl/N-ethyl adjacent to an activating group) is 1. The number of hydrogen-bond acceptors (Lipinski definition) is 3. The van der Waals surface area contributed by atoms with E-state index < -0.39 is 0 Å². The van der Waals surface area contributed by atoms with Gasteiger partial charge in [-0.1, -0.05) is 50.2 Å². The topological polar surface area (TPSA) is 32.3 Å². The molecule has 4 heteroatoms. The molecule has 2 rings (SSSR count). The van der Waals surface area contributed by atoms with E-state index in [2.05, 4.69) is 42.7 Å². The van der Waals surface area contributed by atoms with Gasteiger partial charge in [-0.05, 0) is 30.0 Å². The summed E-state index contributed by atoms with van der Waals surface area (Å²) < 4.78 is 0. The fourth-order valence-corrected chi connectivity index (χ4v) is 3.40. The van der Waals surface area contributed by atoms with Crippen LogP contribution in [0.2, 0.25) is 0 Å². The maximum absolute atomic E-state index is 12.3. The van der Waals surface area contributed by atoms with Crippen LogP contribution in [-0.4, -0.2) is 24.4 Å². The zero-order valence-electron chi connectivity index (χ0n) is 13.5. The summed E-state index contributed by atoms with van der Waals surface area (Å²) in [6.07, 6.45) is 0. The first-order chi connectivity index (χ1) is 10.6. The quantitative estimate of drug-likeness (QED) is 0.845. The van der Waals surface area contributed by atoms with Crippen molar-refractivity contribution in [2.75, 3.05) is 13.6 Å². The molecule has 1 unspecified atom stereocenters. The summed E-state index contributed by atoms with van der Waals surface area (Å²) in [6.45, 7) is 5.46. The Kier molecular flexibility index (Phi) is 6.16. The lowest BCUT2D eigenvalue weighted by Crippen LogP contribution is -2.38. The second-order valence-corrected chi connectivity index (χ2v) is 6.94. The zero-order valence-corrected chi connectivity index (χ0v) is 14.3. The van der Waals surface area contributed by atoms with Gasteiger partial charge in [0.05, 0.1) is 12.6 Å². The van der Waals surface area contributed by atoms with Gasteiger partial charge >= 0.3 is 0 Å². The number of rotatable bonds is 7. The molecule has 0 spiro atoms. The van der Waals surface area contributed by atoms with E-state index in [9.17, 15) is 4.79 Å². The van der Waals surface area contributed by atoms with Gasteiger partial charge in [0.1, 0.15) is 0 Å². The van der Waals surface area contributed by atoms with Gasteiger partial charge in [-0.15, -0.1) is 11.3 Å². The molecule has 0 aliphatic carbocycles. The van der Waals surface area contributed by atoms with Crippen molar-refractivity contribution >= 4 is 17.2 Å². The van der Waals surface area contributed by atoms with E-state index in [1.54, 1.807) is 11.3 Å². The van der Waals surface area contributed by atoms with Crippen LogP contribution in [0.4, 0.5) is 0 Å². The Morgan fingerprint density at radius 2 is 1.91 bits per heavy atom. The van der Waals surface area contributed by atoms with Crippen LogP contribution >= 0.6 is 11.3 Å². The molecule has 2 aromatic rings. The number of nitrogens with one attached hydrogen (secondary N) is 1. The fraction of sp³-hybridized carbons (Fsp3) is 0.389. The van der Waals surface area contributed by atoms with Crippen molar-refractivity contribution in [2.45, 2.75) is 26.4 Å². The van der Waals surface area contributed by atoms with E-state index in [4.69, 9.17) is 0 Å². The molecule has 0 saturated carbocycles. The van der Waals surface area contributed by atoms with E-state index >= 15 is 0 Å². The molecule has 118 valence electrons. The molecule has 1 aromatic carbocycles. The van der Waals surface area contributed by atoms with Crippen LogP contribution in [0, 0.1) is 5.92 Å². The molecular formula is C18H24N2OS. The Hall–Kier alpha value is -1.65. The van der Waals surface area contributed by atoms with Crippen molar-refractivity contribution in [1.82, 2.24) is 10.2 Å². The molecule has 1 N–H and O–H groups in total. The van der Waals surface area contributed by atoms with Gasteiger partial charge in [0.2, 0.25) is 5.91 Å². The minimum absolute atomic E-state index is 0.0746. The molecule has 22 heavy (non-hydrogen) atoms. The first-order valence-corrected chi connectivity index (χ1v) is 8.49. The van der Waals surface area contributed by atoms with Gasteiger partial charge in [0.15, 0.2) is 0 Å². The van der Waals surface area contributed by atoms with Crippen LogP contribution < -0.4 is 5.32 Å². The monoisotopic (exact) mass is 316 g/mol. The van der Waals surface area contributed by atoms with E-state index in [1.165, 1.54) is 10.4 Å². The largest absolute Gasteiger partial charge is 0.347 e. The maximum atomic E-state index is 12.3. The number of carbonyl (C=O) groups is 1. The zero-order chi connectivity index (χ0) is 15.9. The summed E-state index contributed by atoms with van der Waals surface area (Å²) in [5.41, 5.74) is 1.22. The van der Waals surface area contributed by atoms with Crippen molar-refractivity contribution < 1.29 is 4.79 Å². The van der Waals surface area contributed by atoms with Crippen LogP contribution in [0.25, 0.3) is 0 Å². The third-order valence-corrected chi connectivity index (χ3v) is 4.50. The van der Waals surface area contributed by atoms with E-state index in [1.807, 2.05) is 36.2 Å². The lowest BCUT2D eigenvalue weighted by Gasteiger charge is -2.23. The molecule has 0 fully saturated rings. The standard InChI is InChI=1S/C18H24N2OS/c1-14(2)18(16-10-7-11-22-16)19-17(21)13-20(3)12-15-8-5-4-6-9-15/h4-11,14,18H,12-13H2,1-3H3,(H,19,21). The number of benzene rings is 1. The summed E-state index contributed by atoms with van der Waals surface area (Å²) in [5, 5.41) is 5.22. The van der Waals surface area contributed by atoms with Crippen molar-refractivity contribution in [2.24, 2.45) is 5.92 Å². The molecule has 3 nitrogen and oxygen atoms in total. The summed E-state index contributed by atoms with van der Waals surface area (Å²) in [5.74, 6) is 0.451. The van der Waals surface area contributed by atoms with Gasteiger partial charge in [0.25, 0.3) is 0 Å². The number of hydrogen-bond donors (Lipinski definition) is 1. The minimum atomic E-state index is 0.0746. The minimum Gasteiger partial charge on any atom is -0.347 e. The maximum Gasteiger partial charge on any atom is 0.234 e. The Morgan fingerprint density at radius 1 is 1.18 bits per heavy atom. The summed E-state index contributed by atoms with van der Waals surface area (Å²) in [4.78, 5) is 15.6. The highest BCUT2D eigenvalue weighted by Crippen LogP contribution is 2.25. The highest BCUT2D eigenvalue weighted by atomic mass is 32.1. The average molecular weight is 316 g/mol. The predicted octanol–water partition coefficient (Wildman–Crippen LogP) is 3.69. The van der Waals surface area contributed by atoms with E-state index in [-0.39, 0.29) is 11.9 Å². The third kappa shape index (κ3) is 4.97. The van der Waals surface area contributed by atoms with Crippen molar-refractivity contribution in [3.63, 3.8) is 0 Å². The molecule has 1 heterocycles. The van der Waals surface area contributed by atoms with Crippen molar-refractivity contribution in [3.8, 4) is 0 Å². The number of carbonyl (C=O) groups excluding carboxylic acids is 1. The molecule has 0 bridgehead atoms. The van der Waals surface area contributed by atoms with Crippen LogP contribution in [0.3, 0.4) is 0 Å². The summed E-state index contributed by atoms with van der Waals surface area (Å²) in [6, 6.07) is 14.4. The summed E-state index contributed by atoms with van der Waals surface area (Å²) in [7, 11) is 1.97. The van der Waals surface area contributed by atoms with E-state index in [0.717, 1.165) is 6.54 Å². The molecule has 1 atom stereocenters. The van der Waals surface area contributed by atoms with Gasteiger partial charge < -0.3 is 5.32 Å². The van der Waals surface area contributed by atoms with E-state index in [0.29, 0.717) is 12.5 Å². The molecule has 1 aromatic heterocycles. The highest BCUT2D eigenvalue weighted by Gasteiger charge is 2.19. The normalized spacial score (nSPS) is 12.6. The molecule has 0 radical (unpaired) electrons. The van der Waals surface area contributed by atoms with Gasteiger partial charge in [0, 0.05) is 11.4 Å². The first kappa shape index (κ1) is 16.7. The summed E-state index contributed by atoms with van der Waals surface area (Å²) >= 11 is 1.69. The second-order valence-electron chi connectivity index (χ2n) is 5.96. The first-order valence-electron chi connectivity index (χ1n) is 7.61. The van der Waals surface area contributed by atoms with Crippen LogP contribution in [0.15, 0.2) is 47.8 Å². The third-order valence-electron chi connectivity index (χ3n) is 3.54. The second kappa shape index (κ2) is 8.11. The lowest BCUT2D eigenvalue weighted by molar-refractivity contribution is -0.123. The fourth-order valence-electron chi connectivity index (χ4n) is 2.45. The molecule has 0 aliphatic rings. The van der Waals surface area contributed by atoms with Gasteiger partial charge in [-0.25, -0.2) is 0 Å². The van der Waals surface area contributed by atoms with Crippen LogP contribution in [0.5, 0.6) is 0 Å². The Morgan fingerprint density at radius 3 is 2.50 bits per heavy atom. The number of nitrogens with zero attached hydrogens (tertiary/aromatic N) is 1. The molecule has 0 saturated heterocycles. The molecular weight excluding hydrogens is 292 g/mol. The van der Waals surface area contributed by atoms with Crippen molar-refractivity contribution in [1.29, 1.82) is 0 Å². The lowest BCUT2D eigenvalue weighted by atomic mass is 10.0. The van der Waals surface area contributed by atoms with Crippen LogP contribution in [0.1, 0.15) is 30.3 Å². The Labute approximate surface area is 137 Å². The Bertz CT molecular complexity index is 566. The predicted molar refractivity (Wildman–Crippen MR) is 92.8 cm³/mol. The highest BCUT2D eigenvalue weighted by molar-refractivity contribution is 7.10. The number of amides is 1. The molecule has 0 aliphatic heterocycles. The van der Waals surface area contributed by atoms with Crippen LogP contribution in [-0.2, 0) is 11.3 Å². The molecule has 1 amide bonds. The van der Waals surface area contributed by atoms with Gasteiger partial charge in [-0.2, -0.15) is 0 Å². The SMILES string of the molecule is CC(C)C(NC(=O)CN(C)Cc1ccccc1)c1cccs1. The Balaban J connectivity index is 1.88. The average Bonchev–Trinajstić information content (AvgIpc) is 2.99. The van der Waals surface area contributed by atoms with Crippen molar-refractivity contribution in [3.05, 3.63) is 58.3 Å². The van der Waals surface area contributed by atoms with Gasteiger partial charge in [-0.3, -0.25) is 9.69 Å².